The molecule has 0 spiro atoms. The third-order valence-electron chi connectivity index (χ3n) is 7.08. The first kappa shape index (κ1) is 22.3. The Bertz CT molecular complexity index is 1330. The molecule has 1 aliphatic rings. The van der Waals surface area contributed by atoms with Gasteiger partial charge in [-0.3, -0.25) is 4.79 Å². The van der Waals surface area contributed by atoms with E-state index in [1.807, 2.05) is 12.1 Å². The number of rotatable bonds is 5. The minimum Gasteiger partial charge on any atom is -0.497 e. The summed E-state index contributed by atoms with van der Waals surface area (Å²) < 4.78 is 20.3. The molecule has 1 N–H and O–H groups in total. The number of ether oxygens (including phenoxy) is 1. The standard InChI is InChI=1S/C27H29FN4O2/c1-17-14-19(15-18-6-12-22(34-2)13-7-18)4-3-5-23(17)25-30-27(33)24-16-29-26(32(24)31-25)20-8-10-21(28)11-9-20/h6-13,16-17,19,23H,3-5,14-15H2,1-2H3,(H,30,31,33). The highest BCUT2D eigenvalue weighted by Gasteiger charge is 2.29. The van der Waals surface area contributed by atoms with Crippen LogP contribution in [0.4, 0.5) is 4.39 Å². The summed E-state index contributed by atoms with van der Waals surface area (Å²) in [5.41, 5.74) is 2.24. The molecule has 2 aromatic carbocycles. The summed E-state index contributed by atoms with van der Waals surface area (Å²) in [5, 5.41) is 4.83. The number of benzene rings is 2. The lowest BCUT2D eigenvalue weighted by Crippen LogP contribution is -2.22. The van der Waals surface area contributed by atoms with Gasteiger partial charge in [0.2, 0.25) is 0 Å². The molecule has 0 bridgehead atoms. The van der Waals surface area contributed by atoms with Crippen LogP contribution in [0.1, 0.15) is 49.9 Å². The van der Waals surface area contributed by atoms with E-state index in [1.165, 1.54) is 23.9 Å². The molecule has 2 heterocycles. The van der Waals surface area contributed by atoms with E-state index in [9.17, 15) is 9.18 Å². The van der Waals surface area contributed by atoms with Gasteiger partial charge in [0.05, 0.1) is 13.3 Å². The number of fused-ring (bicyclic) bond motifs is 1. The molecule has 3 atom stereocenters. The summed E-state index contributed by atoms with van der Waals surface area (Å²) in [7, 11) is 1.68. The van der Waals surface area contributed by atoms with E-state index in [1.54, 1.807) is 23.8 Å². The molecular weight excluding hydrogens is 431 g/mol. The molecule has 1 saturated carbocycles. The van der Waals surface area contributed by atoms with Crippen LogP contribution in [-0.4, -0.2) is 26.7 Å². The maximum absolute atomic E-state index is 13.4. The van der Waals surface area contributed by atoms with Crippen LogP contribution in [0.2, 0.25) is 0 Å². The van der Waals surface area contributed by atoms with E-state index in [-0.39, 0.29) is 17.3 Å². The molecule has 5 rings (SSSR count). The number of methoxy groups -OCH3 is 1. The Balaban J connectivity index is 1.40. The first-order valence-electron chi connectivity index (χ1n) is 11.9. The fourth-order valence-electron chi connectivity index (χ4n) is 5.28. The van der Waals surface area contributed by atoms with Crippen molar-refractivity contribution in [3.8, 4) is 17.1 Å². The third kappa shape index (κ3) is 4.47. The summed E-state index contributed by atoms with van der Waals surface area (Å²) in [6.07, 6.45) is 6.87. The molecule has 0 radical (unpaired) electrons. The highest BCUT2D eigenvalue weighted by molar-refractivity contribution is 5.60. The number of aromatic amines is 1. The van der Waals surface area contributed by atoms with Crippen molar-refractivity contribution < 1.29 is 9.13 Å². The van der Waals surface area contributed by atoms with Crippen molar-refractivity contribution in [2.45, 2.75) is 44.9 Å². The van der Waals surface area contributed by atoms with Crippen molar-refractivity contribution in [3.05, 3.63) is 82.3 Å². The molecular formula is C27H29FN4O2. The van der Waals surface area contributed by atoms with Crippen LogP contribution in [0, 0.1) is 17.7 Å². The van der Waals surface area contributed by atoms with E-state index >= 15 is 0 Å². The van der Waals surface area contributed by atoms with Gasteiger partial charge in [-0.2, -0.15) is 5.10 Å². The molecule has 176 valence electrons. The van der Waals surface area contributed by atoms with Crippen molar-refractivity contribution in [3.63, 3.8) is 0 Å². The number of H-pyrrole nitrogens is 1. The van der Waals surface area contributed by atoms with Crippen LogP contribution in [0.25, 0.3) is 16.9 Å². The third-order valence-corrected chi connectivity index (χ3v) is 7.08. The van der Waals surface area contributed by atoms with Crippen molar-refractivity contribution in [1.82, 2.24) is 19.6 Å². The number of aromatic nitrogens is 4. The van der Waals surface area contributed by atoms with Gasteiger partial charge in [0.25, 0.3) is 5.56 Å². The average Bonchev–Trinajstić information content (AvgIpc) is 3.18. The molecule has 1 fully saturated rings. The van der Waals surface area contributed by atoms with E-state index in [4.69, 9.17) is 9.84 Å². The number of hydrogen-bond donors (Lipinski definition) is 1. The molecule has 34 heavy (non-hydrogen) atoms. The van der Waals surface area contributed by atoms with Gasteiger partial charge in [0, 0.05) is 11.5 Å². The summed E-state index contributed by atoms with van der Waals surface area (Å²) in [6, 6.07) is 14.4. The first-order chi connectivity index (χ1) is 16.5. The monoisotopic (exact) mass is 460 g/mol. The average molecular weight is 461 g/mol. The number of nitrogens with one attached hydrogen (secondary N) is 1. The second-order valence-electron chi connectivity index (χ2n) is 9.39. The van der Waals surface area contributed by atoms with Gasteiger partial charge in [0.1, 0.15) is 17.4 Å². The molecule has 0 saturated heterocycles. The van der Waals surface area contributed by atoms with E-state index in [0.717, 1.165) is 43.4 Å². The lowest BCUT2D eigenvalue weighted by molar-refractivity contribution is 0.358. The lowest BCUT2D eigenvalue weighted by Gasteiger charge is -2.22. The predicted molar refractivity (Wildman–Crippen MR) is 130 cm³/mol. The normalized spacial score (nSPS) is 20.9. The molecule has 2 aromatic heterocycles. The zero-order chi connectivity index (χ0) is 23.7. The number of imidazole rings is 1. The smallest absolute Gasteiger partial charge is 0.276 e. The fraction of sp³-hybridized carbons (Fsp3) is 0.370. The zero-order valence-electron chi connectivity index (χ0n) is 19.5. The predicted octanol–water partition coefficient (Wildman–Crippen LogP) is 5.38. The Morgan fingerprint density at radius 3 is 2.62 bits per heavy atom. The molecule has 6 nitrogen and oxygen atoms in total. The van der Waals surface area contributed by atoms with Gasteiger partial charge in [-0.15, -0.1) is 0 Å². The summed E-state index contributed by atoms with van der Waals surface area (Å²) >= 11 is 0. The number of nitrogens with zero attached hydrogens (tertiary/aromatic N) is 3. The van der Waals surface area contributed by atoms with Gasteiger partial charge >= 0.3 is 0 Å². The van der Waals surface area contributed by atoms with Gasteiger partial charge < -0.3 is 9.72 Å². The topological polar surface area (TPSA) is 72.3 Å². The van der Waals surface area contributed by atoms with Crippen molar-refractivity contribution >= 4 is 5.52 Å². The van der Waals surface area contributed by atoms with Gasteiger partial charge in [-0.25, -0.2) is 13.9 Å². The fourth-order valence-corrected chi connectivity index (χ4v) is 5.28. The lowest BCUT2D eigenvalue weighted by atomic mass is 9.84. The van der Waals surface area contributed by atoms with Crippen LogP contribution >= 0.6 is 0 Å². The Morgan fingerprint density at radius 1 is 1.12 bits per heavy atom. The Hall–Kier alpha value is -3.48. The Kier molecular flexibility index (Phi) is 6.18. The first-order valence-corrected chi connectivity index (χ1v) is 11.9. The summed E-state index contributed by atoms with van der Waals surface area (Å²) in [4.78, 5) is 20.3. The molecule has 1 aliphatic carbocycles. The van der Waals surface area contributed by atoms with Crippen LogP contribution < -0.4 is 10.3 Å². The second kappa shape index (κ2) is 9.41. The maximum atomic E-state index is 13.4. The molecule has 0 amide bonds. The SMILES string of the molecule is COc1ccc(CC2CCCC(c3nn4c(-c5ccc(F)cc5)ncc4c(=O)[nH]3)C(C)C2)cc1. The van der Waals surface area contributed by atoms with Crippen molar-refractivity contribution in [1.29, 1.82) is 0 Å². The van der Waals surface area contributed by atoms with Gasteiger partial charge in [-0.1, -0.05) is 31.9 Å². The number of hydrogen-bond acceptors (Lipinski definition) is 4. The molecule has 0 aliphatic heterocycles. The summed E-state index contributed by atoms with van der Waals surface area (Å²) in [5.74, 6) is 2.95. The van der Waals surface area contributed by atoms with E-state index in [2.05, 4.69) is 29.0 Å². The molecule has 7 heteroatoms. The highest BCUT2D eigenvalue weighted by atomic mass is 19.1. The van der Waals surface area contributed by atoms with Crippen LogP contribution in [-0.2, 0) is 6.42 Å². The van der Waals surface area contributed by atoms with Crippen molar-refractivity contribution in [2.24, 2.45) is 11.8 Å². The second-order valence-corrected chi connectivity index (χ2v) is 9.39. The van der Waals surface area contributed by atoms with Crippen LogP contribution in [0.5, 0.6) is 5.75 Å². The Morgan fingerprint density at radius 2 is 1.88 bits per heavy atom. The summed E-state index contributed by atoms with van der Waals surface area (Å²) in [6.45, 7) is 2.26. The quantitative estimate of drug-likeness (QED) is 0.406. The zero-order valence-corrected chi connectivity index (χ0v) is 19.5. The highest BCUT2D eigenvalue weighted by Crippen LogP contribution is 2.38. The van der Waals surface area contributed by atoms with Gasteiger partial charge in [-0.05, 0) is 73.1 Å². The van der Waals surface area contributed by atoms with Crippen LogP contribution in [0.15, 0.2) is 59.5 Å². The minimum atomic E-state index is -0.312. The van der Waals surface area contributed by atoms with Crippen LogP contribution in [0.3, 0.4) is 0 Å². The molecule has 3 unspecified atom stereocenters. The maximum Gasteiger partial charge on any atom is 0.276 e. The minimum absolute atomic E-state index is 0.168. The van der Waals surface area contributed by atoms with E-state index in [0.29, 0.717) is 29.0 Å². The largest absolute Gasteiger partial charge is 0.497 e. The van der Waals surface area contributed by atoms with Gasteiger partial charge in [0.15, 0.2) is 11.3 Å². The molecule has 4 aromatic rings. The Labute approximate surface area is 197 Å². The van der Waals surface area contributed by atoms with E-state index < -0.39 is 0 Å². The number of halogens is 1. The van der Waals surface area contributed by atoms with Crippen molar-refractivity contribution in [2.75, 3.05) is 7.11 Å².